The van der Waals surface area contributed by atoms with Crippen LogP contribution in [-0.2, 0) is 16.1 Å². The first-order valence-electron chi connectivity index (χ1n) is 7.65. The highest BCUT2D eigenvalue weighted by Crippen LogP contribution is 2.07. The topological polar surface area (TPSA) is 76.5 Å². The van der Waals surface area contributed by atoms with E-state index in [1.807, 2.05) is 0 Å². The Morgan fingerprint density at radius 3 is 3.09 bits per heavy atom. The molecule has 0 radical (unpaired) electrons. The summed E-state index contributed by atoms with van der Waals surface area (Å²) in [6, 6.07) is 1.33. The predicted molar refractivity (Wildman–Crippen MR) is 82.5 cm³/mol. The third-order valence-electron chi connectivity index (χ3n) is 3.48. The highest BCUT2D eigenvalue weighted by Gasteiger charge is 2.21. The fourth-order valence-electron chi connectivity index (χ4n) is 2.52. The summed E-state index contributed by atoms with van der Waals surface area (Å²) in [4.78, 5) is 29.6. The number of carbonyl (C=O) groups is 1. The van der Waals surface area contributed by atoms with Crippen molar-refractivity contribution in [2.75, 3.05) is 32.8 Å². The summed E-state index contributed by atoms with van der Waals surface area (Å²) in [6.07, 6.45) is 2.78. The van der Waals surface area contributed by atoms with Gasteiger partial charge in [-0.15, -0.1) is 0 Å². The lowest BCUT2D eigenvalue weighted by Crippen LogP contribution is -2.48. The molecule has 1 aromatic rings. The molecule has 2 rings (SSSR count). The molecule has 22 heavy (non-hydrogen) atoms. The van der Waals surface area contributed by atoms with Crippen molar-refractivity contribution in [1.82, 2.24) is 19.8 Å². The normalized spacial score (nSPS) is 19.3. The molecule has 7 heteroatoms. The smallest absolute Gasteiger partial charge is 0.253 e. The van der Waals surface area contributed by atoms with Crippen LogP contribution >= 0.6 is 0 Å². The Hall–Kier alpha value is -1.73. The van der Waals surface area contributed by atoms with Gasteiger partial charge in [0.05, 0.1) is 19.0 Å². The van der Waals surface area contributed by atoms with Crippen LogP contribution in [0, 0.1) is 5.92 Å². The summed E-state index contributed by atoms with van der Waals surface area (Å²) >= 11 is 0. The van der Waals surface area contributed by atoms with Gasteiger partial charge in [0, 0.05) is 38.4 Å². The van der Waals surface area contributed by atoms with E-state index >= 15 is 0 Å². The van der Waals surface area contributed by atoms with Crippen LogP contribution in [0.5, 0.6) is 0 Å². The Balaban J connectivity index is 1.76. The van der Waals surface area contributed by atoms with Crippen LogP contribution in [-0.4, -0.2) is 59.2 Å². The van der Waals surface area contributed by atoms with Gasteiger partial charge in [0.25, 0.3) is 5.56 Å². The maximum Gasteiger partial charge on any atom is 0.253 e. The van der Waals surface area contributed by atoms with Crippen molar-refractivity contribution >= 4 is 5.91 Å². The lowest BCUT2D eigenvalue weighted by Gasteiger charge is -2.33. The van der Waals surface area contributed by atoms with Crippen molar-refractivity contribution in [3.05, 3.63) is 28.9 Å². The Morgan fingerprint density at radius 2 is 2.36 bits per heavy atom. The molecule has 0 aromatic carbocycles. The molecule has 2 heterocycles. The fourth-order valence-corrected chi connectivity index (χ4v) is 2.52. The molecule has 1 saturated heterocycles. The molecule has 122 valence electrons. The average molecular weight is 308 g/mol. The number of hydrogen-bond acceptors (Lipinski definition) is 5. The quantitative estimate of drug-likeness (QED) is 0.782. The van der Waals surface area contributed by atoms with Crippen LogP contribution in [0.15, 0.2) is 23.4 Å². The molecular formula is C15H24N4O3. The first-order chi connectivity index (χ1) is 10.5. The van der Waals surface area contributed by atoms with E-state index in [0.29, 0.717) is 19.1 Å². The van der Waals surface area contributed by atoms with Crippen molar-refractivity contribution in [3.63, 3.8) is 0 Å². The van der Waals surface area contributed by atoms with Gasteiger partial charge in [0.2, 0.25) is 5.91 Å². The zero-order chi connectivity index (χ0) is 15.9. The molecular weight excluding hydrogens is 284 g/mol. The summed E-state index contributed by atoms with van der Waals surface area (Å²) in [5.74, 6) is 0.408. The average Bonchev–Trinajstić information content (AvgIpc) is 2.47. The molecule has 1 aliphatic rings. The van der Waals surface area contributed by atoms with E-state index in [0.717, 1.165) is 19.6 Å². The number of nitrogens with zero attached hydrogens (tertiary/aromatic N) is 3. The summed E-state index contributed by atoms with van der Waals surface area (Å²) in [5.41, 5.74) is -0.234. The number of nitrogens with one attached hydrogen (secondary N) is 1. The number of carbonyl (C=O) groups excluding carboxylic acids is 1. The van der Waals surface area contributed by atoms with Crippen molar-refractivity contribution in [2.45, 2.75) is 26.5 Å². The van der Waals surface area contributed by atoms with Crippen molar-refractivity contribution in [3.8, 4) is 0 Å². The van der Waals surface area contributed by atoms with E-state index in [-0.39, 0.29) is 24.1 Å². The first kappa shape index (κ1) is 16.6. The van der Waals surface area contributed by atoms with Crippen LogP contribution in [0.3, 0.4) is 0 Å². The summed E-state index contributed by atoms with van der Waals surface area (Å²) < 4.78 is 6.96. The van der Waals surface area contributed by atoms with Gasteiger partial charge in [-0.3, -0.25) is 19.1 Å². The van der Waals surface area contributed by atoms with Gasteiger partial charge in [-0.1, -0.05) is 13.8 Å². The third kappa shape index (κ3) is 5.23. The fraction of sp³-hybridized carbons (Fsp3) is 0.667. The number of aromatic nitrogens is 2. The molecule has 7 nitrogen and oxygen atoms in total. The molecule has 1 N–H and O–H groups in total. The van der Waals surface area contributed by atoms with E-state index in [1.54, 1.807) is 0 Å². The monoisotopic (exact) mass is 308 g/mol. The second kappa shape index (κ2) is 8.05. The molecule has 0 spiro atoms. The maximum absolute atomic E-state index is 11.9. The van der Waals surface area contributed by atoms with Crippen molar-refractivity contribution in [2.24, 2.45) is 5.92 Å². The van der Waals surface area contributed by atoms with Crippen LogP contribution < -0.4 is 10.9 Å². The zero-order valence-electron chi connectivity index (χ0n) is 13.2. The van der Waals surface area contributed by atoms with Crippen molar-refractivity contribution in [1.29, 1.82) is 0 Å². The van der Waals surface area contributed by atoms with E-state index in [2.05, 4.69) is 29.0 Å². The predicted octanol–water partition coefficient (Wildman–Crippen LogP) is -0.284. The highest BCUT2D eigenvalue weighted by molar-refractivity contribution is 5.75. The van der Waals surface area contributed by atoms with Crippen LogP contribution in [0.1, 0.15) is 13.8 Å². The Morgan fingerprint density at radius 1 is 1.55 bits per heavy atom. The van der Waals surface area contributed by atoms with Crippen LogP contribution in [0.4, 0.5) is 0 Å². The first-order valence-corrected chi connectivity index (χ1v) is 7.65. The zero-order valence-corrected chi connectivity index (χ0v) is 13.2. The van der Waals surface area contributed by atoms with Gasteiger partial charge in [-0.25, -0.2) is 4.98 Å². The minimum absolute atomic E-state index is 0.00192. The standard InChI is InChI=1S/C15H24N4O3/c1-12(2)8-18-5-6-22-13(9-18)7-17-14(20)10-19-11-16-4-3-15(19)21/h3-4,11-13H,5-10H2,1-2H3,(H,17,20). The molecule has 1 amide bonds. The number of rotatable bonds is 6. The third-order valence-corrected chi connectivity index (χ3v) is 3.48. The molecule has 0 aliphatic carbocycles. The van der Waals surface area contributed by atoms with E-state index in [1.165, 1.54) is 23.2 Å². The lowest BCUT2D eigenvalue weighted by molar-refractivity contribution is -0.123. The van der Waals surface area contributed by atoms with Crippen LogP contribution in [0.2, 0.25) is 0 Å². The lowest BCUT2D eigenvalue weighted by atomic mass is 10.2. The largest absolute Gasteiger partial charge is 0.374 e. The second-order valence-electron chi connectivity index (χ2n) is 6.00. The minimum atomic E-state index is -0.234. The molecule has 1 aromatic heterocycles. The van der Waals surface area contributed by atoms with Gasteiger partial charge >= 0.3 is 0 Å². The number of amides is 1. The number of morpholine rings is 1. The van der Waals surface area contributed by atoms with Gasteiger partial charge in [-0.05, 0) is 5.92 Å². The van der Waals surface area contributed by atoms with Gasteiger partial charge < -0.3 is 10.1 Å². The molecule has 0 bridgehead atoms. The number of hydrogen-bond donors (Lipinski definition) is 1. The molecule has 1 atom stereocenters. The van der Waals surface area contributed by atoms with Gasteiger partial charge in [0.1, 0.15) is 6.54 Å². The molecule has 1 aliphatic heterocycles. The Kier molecular flexibility index (Phi) is 6.09. The van der Waals surface area contributed by atoms with E-state index < -0.39 is 0 Å². The van der Waals surface area contributed by atoms with Gasteiger partial charge in [-0.2, -0.15) is 0 Å². The number of ether oxygens (including phenoxy) is 1. The molecule has 0 saturated carbocycles. The SMILES string of the molecule is CC(C)CN1CCOC(CNC(=O)Cn2cnccc2=O)C1. The summed E-state index contributed by atoms with van der Waals surface area (Å²) in [7, 11) is 0. The summed E-state index contributed by atoms with van der Waals surface area (Å²) in [5, 5.41) is 2.82. The molecule has 1 unspecified atom stereocenters. The summed E-state index contributed by atoms with van der Waals surface area (Å²) in [6.45, 7) is 8.32. The second-order valence-corrected chi connectivity index (χ2v) is 6.00. The van der Waals surface area contributed by atoms with Crippen molar-refractivity contribution < 1.29 is 9.53 Å². The maximum atomic E-state index is 11.9. The van der Waals surface area contributed by atoms with E-state index in [9.17, 15) is 9.59 Å². The van der Waals surface area contributed by atoms with Crippen LogP contribution in [0.25, 0.3) is 0 Å². The van der Waals surface area contributed by atoms with Gasteiger partial charge in [0.15, 0.2) is 0 Å². The minimum Gasteiger partial charge on any atom is -0.374 e. The van der Waals surface area contributed by atoms with E-state index in [4.69, 9.17) is 4.74 Å². The Bertz CT molecular complexity index is 544. The Labute approximate surface area is 130 Å². The highest BCUT2D eigenvalue weighted by atomic mass is 16.5. The molecule has 1 fully saturated rings.